The summed E-state index contributed by atoms with van der Waals surface area (Å²) >= 11 is 3.17. The number of nitrogens with one attached hydrogen (secondary N) is 2. The number of carbonyl (C=O) groups is 3. The number of urea groups is 1. The summed E-state index contributed by atoms with van der Waals surface area (Å²) in [5.41, 5.74) is 5.04. The van der Waals surface area contributed by atoms with E-state index >= 15 is 0 Å². The van der Waals surface area contributed by atoms with Crippen LogP contribution in [0.15, 0.2) is 22.7 Å². The third kappa shape index (κ3) is 4.25. The molecule has 0 bridgehead atoms. The molecular formula is C11H12BrN3O4. The molecule has 0 heterocycles. The van der Waals surface area contributed by atoms with Gasteiger partial charge in [-0.3, -0.25) is 4.79 Å². The number of nitrogens with two attached hydrogens (primary N) is 1. The fourth-order valence-corrected chi connectivity index (χ4v) is 1.59. The van der Waals surface area contributed by atoms with Crippen molar-refractivity contribution in [2.75, 3.05) is 5.32 Å². The molecule has 0 aliphatic carbocycles. The predicted octanol–water partition coefficient (Wildman–Crippen LogP) is 1.14. The van der Waals surface area contributed by atoms with Gasteiger partial charge in [0.25, 0.3) is 0 Å². The van der Waals surface area contributed by atoms with E-state index in [-0.39, 0.29) is 11.3 Å². The molecule has 0 radical (unpaired) electrons. The minimum Gasteiger partial charge on any atom is -0.478 e. The lowest BCUT2D eigenvalue weighted by atomic mass is 10.2. The first-order valence-corrected chi connectivity index (χ1v) is 6.00. The zero-order chi connectivity index (χ0) is 14.6. The Morgan fingerprint density at radius 1 is 1.37 bits per heavy atom. The number of anilines is 1. The Bertz CT molecular complexity index is 533. The van der Waals surface area contributed by atoms with E-state index < -0.39 is 23.9 Å². The van der Waals surface area contributed by atoms with Gasteiger partial charge in [-0.15, -0.1) is 0 Å². The van der Waals surface area contributed by atoms with Crippen molar-refractivity contribution in [2.45, 2.75) is 13.0 Å². The number of halogens is 1. The summed E-state index contributed by atoms with van der Waals surface area (Å²) in [6, 6.07) is 2.75. The molecule has 0 fully saturated rings. The van der Waals surface area contributed by atoms with Gasteiger partial charge in [0.2, 0.25) is 5.91 Å². The first kappa shape index (κ1) is 15.0. The van der Waals surface area contributed by atoms with Crippen molar-refractivity contribution in [1.29, 1.82) is 0 Å². The van der Waals surface area contributed by atoms with E-state index in [1.165, 1.54) is 19.1 Å². The van der Waals surface area contributed by atoms with E-state index in [0.717, 1.165) is 0 Å². The summed E-state index contributed by atoms with van der Waals surface area (Å²) in [6.07, 6.45) is 0. The van der Waals surface area contributed by atoms with Crippen molar-refractivity contribution >= 4 is 39.5 Å². The first-order valence-electron chi connectivity index (χ1n) is 5.21. The van der Waals surface area contributed by atoms with Crippen LogP contribution in [0.5, 0.6) is 0 Å². The lowest BCUT2D eigenvalue weighted by Gasteiger charge is -2.13. The van der Waals surface area contributed by atoms with Crippen LogP contribution in [0.4, 0.5) is 10.5 Å². The summed E-state index contributed by atoms with van der Waals surface area (Å²) in [4.78, 5) is 33.4. The molecule has 0 spiro atoms. The second-order valence-corrected chi connectivity index (χ2v) is 4.63. The molecule has 5 N–H and O–H groups in total. The van der Waals surface area contributed by atoms with Gasteiger partial charge < -0.3 is 21.5 Å². The van der Waals surface area contributed by atoms with Gasteiger partial charge in [0.1, 0.15) is 6.04 Å². The normalized spacial score (nSPS) is 11.5. The number of carbonyl (C=O) groups excluding carboxylic acids is 2. The highest BCUT2D eigenvalue weighted by Gasteiger charge is 2.15. The average molecular weight is 330 g/mol. The molecule has 0 aliphatic heterocycles. The van der Waals surface area contributed by atoms with Crippen LogP contribution in [0.25, 0.3) is 0 Å². The third-order valence-corrected chi connectivity index (χ3v) is 2.73. The molecule has 1 aromatic rings. The van der Waals surface area contributed by atoms with E-state index in [1.54, 1.807) is 6.07 Å². The number of benzene rings is 1. The van der Waals surface area contributed by atoms with Crippen molar-refractivity contribution in [3.05, 3.63) is 28.2 Å². The number of carboxylic acid groups (broad SMARTS) is 1. The fourth-order valence-electron chi connectivity index (χ4n) is 1.23. The van der Waals surface area contributed by atoms with Crippen molar-refractivity contribution < 1.29 is 19.5 Å². The van der Waals surface area contributed by atoms with E-state index in [1.807, 2.05) is 0 Å². The molecule has 1 rings (SSSR count). The summed E-state index contributed by atoms with van der Waals surface area (Å²) in [7, 11) is 0. The van der Waals surface area contributed by atoms with Crippen LogP contribution in [0.2, 0.25) is 0 Å². The van der Waals surface area contributed by atoms with E-state index in [2.05, 4.69) is 26.6 Å². The predicted molar refractivity (Wildman–Crippen MR) is 71.9 cm³/mol. The van der Waals surface area contributed by atoms with Crippen LogP contribution in [-0.2, 0) is 4.79 Å². The Labute approximate surface area is 117 Å². The maximum atomic E-state index is 11.6. The average Bonchev–Trinajstić information content (AvgIpc) is 2.27. The third-order valence-electron chi connectivity index (χ3n) is 2.23. The SMILES string of the molecule is CC(NC(=O)Nc1cc(Br)ccc1C(=O)O)C(N)=O. The van der Waals surface area contributed by atoms with Gasteiger partial charge in [-0.05, 0) is 25.1 Å². The smallest absolute Gasteiger partial charge is 0.337 e. The molecule has 1 atom stereocenters. The highest BCUT2D eigenvalue weighted by atomic mass is 79.9. The number of carboxylic acids is 1. The minimum absolute atomic E-state index is 0.0647. The number of aromatic carboxylic acids is 1. The topological polar surface area (TPSA) is 122 Å². The van der Waals surface area contributed by atoms with Gasteiger partial charge in [0.15, 0.2) is 0 Å². The largest absolute Gasteiger partial charge is 0.478 e. The summed E-state index contributed by atoms with van der Waals surface area (Å²) in [6.45, 7) is 1.42. The molecule has 8 heteroatoms. The number of amides is 3. The van der Waals surface area contributed by atoms with Crippen molar-refractivity contribution in [3.63, 3.8) is 0 Å². The molecule has 1 unspecified atom stereocenters. The standard InChI is InChI=1S/C11H12BrN3O4/c1-5(9(13)16)14-11(19)15-8-4-6(12)2-3-7(8)10(17)18/h2-5H,1H3,(H2,13,16)(H,17,18)(H2,14,15,19). The molecule has 1 aromatic carbocycles. The second kappa shape index (κ2) is 6.19. The molecule has 102 valence electrons. The monoisotopic (exact) mass is 329 g/mol. The Morgan fingerprint density at radius 3 is 2.53 bits per heavy atom. The van der Waals surface area contributed by atoms with Crippen LogP contribution >= 0.6 is 15.9 Å². The van der Waals surface area contributed by atoms with Crippen molar-refractivity contribution in [2.24, 2.45) is 5.73 Å². The molecule has 0 saturated heterocycles. The van der Waals surface area contributed by atoms with Crippen molar-refractivity contribution in [3.8, 4) is 0 Å². The molecule has 7 nitrogen and oxygen atoms in total. The summed E-state index contributed by atoms with van der Waals surface area (Å²) in [5.74, 6) is -1.87. The van der Waals surface area contributed by atoms with Crippen LogP contribution in [0.1, 0.15) is 17.3 Å². The first-order chi connectivity index (χ1) is 8.81. The zero-order valence-electron chi connectivity index (χ0n) is 9.94. The maximum Gasteiger partial charge on any atom is 0.337 e. The van der Waals surface area contributed by atoms with Gasteiger partial charge in [0.05, 0.1) is 11.3 Å². The Morgan fingerprint density at radius 2 is 2.00 bits per heavy atom. The molecule has 0 saturated carbocycles. The number of primary amides is 1. The van der Waals surface area contributed by atoms with Crippen LogP contribution < -0.4 is 16.4 Å². The number of rotatable bonds is 4. The minimum atomic E-state index is -1.18. The maximum absolute atomic E-state index is 11.6. The fraction of sp³-hybridized carbons (Fsp3) is 0.182. The molecule has 0 aromatic heterocycles. The summed E-state index contributed by atoms with van der Waals surface area (Å²) < 4.78 is 0.607. The van der Waals surface area contributed by atoms with Gasteiger partial charge in [-0.25, -0.2) is 9.59 Å². The quantitative estimate of drug-likeness (QED) is 0.661. The highest BCUT2D eigenvalue weighted by molar-refractivity contribution is 9.10. The highest BCUT2D eigenvalue weighted by Crippen LogP contribution is 2.21. The molecule has 19 heavy (non-hydrogen) atoms. The van der Waals surface area contributed by atoms with Crippen LogP contribution in [-0.4, -0.2) is 29.1 Å². The molecular weight excluding hydrogens is 318 g/mol. The van der Waals surface area contributed by atoms with Gasteiger partial charge >= 0.3 is 12.0 Å². The zero-order valence-corrected chi connectivity index (χ0v) is 11.5. The van der Waals surface area contributed by atoms with E-state index in [9.17, 15) is 14.4 Å². The van der Waals surface area contributed by atoms with Gasteiger partial charge in [0, 0.05) is 4.47 Å². The van der Waals surface area contributed by atoms with E-state index in [0.29, 0.717) is 4.47 Å². The number of hydrogen-bond donors (Lipinski definition) is 4. The second-order valence-electron chi connectivity index (χ2n) is 3.72. The van der Waals surface area contributed by atoms with Gasteiger partial charge in [-0.2, -0.15) is 0 Å². The lowest BCUT2D eigenvalue weighted by molar-refractivity contribution is -0.119. The molecule has 0 aliphatic rings. The molecule has 3 amide bonds. The Kier molecular flexibility index (Phi) is 4.87. The van der Waals surface area contributed by atoms with E-state index in [4.69, 9.17) is 10.8 Å². The Hall–Kier alpha value is -2.09. The number of hydrogen-bond acceptors (Lipinski definition) is 3. The van der Waals surface area contributed by atoms with Crippen molar-refractivity contribution in [1.82, 2.24) is 5.32 Å². The Balaban J connectivity index is 2.87. The summed E-state index contributed by atoms with van der Waals surface area (Å²) in [5, 5.41) is 13.6. The van der Waals surface area contributed by atoms with Gasteiger partial charge in [-0.1, -0.05) is 15.9 Å². The van der Waals surface area contributed by atoms with Crippen LogP contribution in [0, 0.1) is 0 Å². The van der Waals surface area contributed by atoms with Crippen LogP contribution in [0.3, 0.4) is 0 Å². The lowest BCUT2D eigenvalue weighted by Crippen LogP contribution is -2.44.